The molecule has 0 radical (unpaired) electrons. The van der Waals surface area contributed by atoms with Gasteiger partial charge in [0.15, 0.2) is 5.96 Å². The zero-order chi connectivity index (χ0) is 19.2. The Labute approximate surface area is 178 Å². The number of thiazole rings is 1. The summed E-state index contributed by atoms with van der Waals surface area (Å²) in [5, 5.41) is 7.41. The summed E-state index contributed by atoms with van der Waals surface area (Å²) < 4.78 is 38.5. The summed E-state index contributed by atoms with van der Waals surface area (Å²) in [4.78, 5) is 9.47. The third-order valence-corrected chi connectivity index (χ3v) is 4.89. The maximum Gasteiger partial charge on any atom is 0.416 e. The van der Waals surface area contributed by atoms with Crippen LogP contribution >= 0.6 is 35.3 Å². The summed E-state index contributed by atoms with van der Waals surface area (Å²) >= 11 is 1.62. The largest absolute Gasteiger partial charge is 0.416 e. The van der Waals surface area contributed by atoms with Crippen LogP contribution in [0.2, 0.25) is 0 Å². The molecular formula is C18H24F3IN4S. The topological polar surface area (TPSA) is 49.3 Å². The van der Waals surface area contributed by atoms with Crippen LogP contribution in [-0.4, -0.2) is 24.5 Å². The summed E-state index contributed by atoms with van der Waals surface area (Å²) in [5.74, 6) is 0.666. The van der Waals surface area contributed by atoms with Gasteiger partial charge in [-0.05, 0) is 30.9 Å². The number of alkyl halides is 3. The molecule has 0 spiro atoms. The number of aliphatic imine (C=N–C) groups is 1. The number of halogens is 4. The Morgan fingerprint density at radius 2 is 2.04 bits per heavy atom. The van der Waals surface area contributed by atoms with Gasteiger partial charge in [-0.2, -0.15) is 13.2 Å². The highest BCUT2D eigenvalue weighted by Gasteiger charge is 2.30. The van der Waals surface area contributed by atoms with Crippen LogP contribution in [0.25, 0.3) is 0 Å². The average Bonchev–Trinajstić information content (AvgIpc) is 3.02. The molecule has 4 nitrogen and oxygen atoms in total. The van der Waals surface area contributed by atoms with Crippen molar-refractivity contribution in [1.82, 2.24) is 15.6 Å². The summed E-state index contributed by atoms with van der Waals surface area (Å²) in [5.41, 5.74) is 0.0804. The number of aryl methyl sites for hydroxylation is 1. The van der Waals surface area contributed by atoms with E-state index in [2.05, 4.69) is 20.6 Å². The first kappa shape index (κ1) is 23.7. The van der Waals surface area contributed by atoms with Crippen LogP contribution in [0.15, 0.2) is 35.5 Å². The molecule has 9 heteroatoms. The minimum atomic E-state index is -4.31. The molecule has 1 unspecified atom stereocenters. The van der Waals surface area contributed by atoms with Crippen molar-refractivity contribution in [2.45, 2.75) is 38.9 Å². The molecule has 150 valence electrons. The number of nitrogens with zero attached hydrogens (tertiary/aromatic N) is 2. The van der Waals surface area contributed by atoms with Crippen LogP contribution in [0.3, 0.4) is 0 Å². The van der Waals surface area contributed by atoms with Crippen molar-refractivity contribution in [2.75, 3.05) is 13.6 Å². The lowest BCUT2D eigenvalue weighted by Gasteiger charge is -2.16. The van der Waals surface area contributed by atoms with Crippen LogP contribution < -0.4 is 10.6 Å². The van der Waals surface area contributed by atoms with Gasteiger partial charge < -0.3 is 10.6 Å². The monoisotopic (exact) mass is 512 g/mol. The molecule has 1 aromatic carbocycles. The third-order valence-electron chi connectivity index (χ3n) is 3.98. The first-order chi connectivity index (χ1) is 12.3. The maximum atomic E-state index is 12.8. The molecule has 1 atom stereocenters. The first-order valence-electron chi connectivity index (χ1n) is 8.32. The van der Waals surface area contributed by atoms with E-state index in [9.17, 15) is 13.2 Å². The van der Waals surface area contributed by atoms with E-state index in [1.165, 1.54) is 12.1 Å². The number of benzene rings is 1. The summed E-state index contributed by atoms with van der Waals surface area (Å²) in [6.07, 6.45) is -1.79. The Morgan fingerprint density at radius 1 is 1.30 bits per heavy atom. The molecule has 0 saturated carbocycles. The number of guanidine groups is 1. The van der Waals surface area contributed by atoms with Crippen molar-refractivity contribution in [3.05, 3.63) is 51.5 Å². The van der Waals surface area contributed by atoms with Gasteiger partial charge in [0.25, 0.3) is 0 Å². The lowest BCUT2D eigenvalue weighted by molar-refractivity contribution is -0.137. The molecule has 2 N–H and O–H groups in total. The van der Waals surface area contributed by atoms with Gasteiger partial charge >= 0.3 is 6.18 Å². The van der Waals surface area contributed by atoms with E-state index in [-0.39, 0.29) is 29.9 Å². The quantitative estimate of drug-likeness (QED) is 0.328. The fourth-order valence-electron chi connectivity index (χ4n) is 2.47. The van der Waals surface area contributed by atoms with Gasteiger partial charge in [0.05, 0.1) is 17.1 Å². The zero-order valence-corrected chi connectivity index (χ0v) is 18.6. The molecule has 0 bridgehead atoms. The van der Waals surface area contributed by atoms with Crippen molar-refractivity contribution in [3.63, 3.8) is 0 Å². The zero-order valence-electron chi connectivity index (χ0n) is 15.4. The molecule has 2 rings (SSSR count). The smallest absolute Gasteiger partial charge is 0.356 e. The minimum absolute atomic E-state index is 0. The van der Waals surface area contributed by atoms with Crippen LogP contribution in [0, 0.1) is 6.92 Å². The van der Waals surface area contributed by atoms with Crippen molar-refractivity contribution >= 4 is 41.3 Å². The van der Waals surface area contributed by atoms with E-state index in [0.717, 1.165) is 16.0 Å². The van der Waals surface area contributed by atoms with Gasteiger partial charge in [-0.3, -0.25) is 4.99 Å². The second-order valence-electron chi connectivity index (χ2n) is 6.01. The van der Waals surface area contributed by atoms with Gasteiger partial charge in [-0.25, -0.2) is 4.98 Å². The van der Waals surface area contributed by atoms with E-state index < -0.39 is 11.7 Å². The Hall–Kier alpha value is -1.36. The molecular weight excluding hydrogens is 488 g/mol. The van der Waals surface area contributed by atoms with E-state index in [4.69, 9.17) is 0 Å². The fourth-order valence-corrected chi connectivity index (χ4v) is 3.21. The maximum absolute atomic E-state index is 12.8. The van der Waals surface area contributed by atoms with Crippen molar-refractivity contribution in [2.24, 2.45) is 4.99 Å². The molecule has 2 aromatic rings. The van der Waals surface area contributed by atoms with Crippen LogP contribution in [0.4, 0.5) is 13.2 Å². The van der Waals surface area contributed by atoms with E-state index in [1.807, 2.05) is 20.0 Å². The highest BCUT2D eigenvalue weighted by atomic mass is 127. The van der Waals surface area contributed by atoms with Crippen LogP contribution in [0.1, 0.15) is 40.3 Å². The second-order valence-corrected chi connectivity index (χ2v) is 7.33. The van der Waals surface area contributed by atoms with Gasteiger partial charge in [-0.1, -0.05) is 25.1 Å². The molecule has 0 aliphatic heterocycles. The van der Waals surface area contributed by atoms with Crippen molar-refractivity contribution < 1.29 is 13.2 Å². The number of hydrogen-bond donors (Lipinski definition) is 2. The number of nitrogens with one attached hydrogen (secondary N) is 2. The predicted octanol–water partition coefficient (Wildman–Crippen LogP) is 4.95. The Balaban J connectivity index is 0.00000364. The third kappa shape index (κ3) is 7.65. The first-order valence-corrected chi connectivity index (χ1v) is 9.14. The van der Waals surface area contributed by atoms with E-state index in [1.54, 1.807) is 24.5 Å². The van der Waals surface area contributed by atoms with Gasteiger partial charge in [0, 0.05) is 24.7 Å². The highest BCUT2D eigenvalue weighted by molar-refractivity contribution is 14.0. The Kier molecular flexibility index (Phi) is 9.51. The SMILES string of the molecule is CN=C(NCCC(C)c1cccc(C(F)(F)F)c1)NCc1cnc(C)s1.I. The van der Waals surface area contributed by atoms with Gasteiger partial charge in [0.2, 0.25) is 0 Å². The van der Waals surface area contributed by atoms with Crippen LogP contribution in [0.5, 0.6) is 0 Å². The fraction of sp³-hybridized carbons (Fsp3) is 0.444. The number of hydrogen-bond acceptors (Lipinski definition) is 3. The molecule has 27 heavy (non-hydrogen) atoms. The van der Waals surface area contributed by atoms with Crippen molar-refractivity contribution in [3.8, 4) is 0 Å². The number of rotatable bonds is 6. The number of aromatic nitrogens is 1. The lowest BCUT2D eigenvalue weighted by atomic mass is 9.96. The van der Waals surface area contributed by atoms with Crippen LogP contribution in [-0.2, 0) is 12.7 Å². The summed E-state index contributed by atoms with van der Waals surface area (Å²) in [6, 6.07) is 5.52. The lowest BCUT2D eigenvalue weighted by Crippen LogP contribution is -2.37. The normalized spacial score (nSPS) is 13.0. The average molecular weight is 512 g/mol. The molecule has 0 saturated heterocycles. The van der Waals surface area contributed by atoms with E-state index in [0.29, 0.717) is 31.0 Å². The molecule has 1 aromatic heterocycles. The minimum Gasteiger partial charge on any atom is -0.356 e. The molecule has 0 aliphatic carbocycles. The molecule has 1 heterocycles. The molecule has 0 amide bonds. The van der Waals surface area contributed by atoms with Gasteiger partial charge in [-0.15, -0.1) is 35.3 Å². The molecule has 0 aliphatic rings. The van der Waals surface area contributed by atoms with Crippen molar-refractivity contribution in [1.29, 1.82) is 0 Å². The summed E-state index contributed by atoms with van der Waals surface area (Å²) in [6.45, 7) is 5.12. The van der Waals surface area contributed by atoms with E-state index >= 15 is 0 Å². The Morgan fingerprint density at radius 3 is 2.63 bits per heavy atom. The predicted molar refractivity (Wildman–Crippen MR) is 115 cm³/mol. The highest BCUT2D eigenvalue weighted by Crippen LogP contribution is 2.31. The second kappa shape index (κ2) is 10.8. The Bertz CT molecular complexity index is 746. The summed E-state index contributed by atoms with van der Waals surface area (Å²) in [7, 11) is 1.68. The van der Waals surface area contributed by atoms with Gasteiger partial charge in [0.1, 0.15) is 0 Å². The molecule has 0 fully saturated rings. The standard InChI is InChI=1S/C18H23F3N4S.HI/c1-12(14-5-4-6-15(9-14)18(19,20)21)7-8-23-17(22-3)25-11-16-10-24-13(2)26-16;/h4-6,9-10,12H,7-8,11H2,1-3H3,(H2,22,23,25);1H.